The minimum absolute atomic E-state index is 0.0692. The van der Waals surface area contributed by atoms with Crippen LogP contribution in [0.15, 0.2) is 0 Å². The zero-order chi connectivity index (χ0) is 8.29. The molecule has 4 bridgehead atoms. The van der Waals surface area contributed by atoms with Gasteiger partial charge in [0, 0.05) is 11.3 Å². The van der Waals surface area contributed by atoms with Crippen LogP contribution in [0.2, 0.25) is 0 Å². The first-order valence-corrected chi connectivity index (χ1v) is 5.51. The Bertz CT molecular complexity index is 188. The first-order valence-electron chi connectivity index (χ1n) is 5.08. The fraction of sp³-hybridized carbons (Fsp3) is 1.00. The minimum Gasteiger partial charge on any atom is -0.392 e. The largest absolute Gasteiger partial charge is 0.392 e. The van der Waals surface area contributed by atoms with E-state index in [2.05, 4.69) is 0 Å². The zero-order valence-electron chi connectivity index (χ0n) is 7.12. The van der Waals surface area contributed by atoms with Crippen LogP contribution >= 0.6 is 11.6 Å². The number of hydrogen-bond acceptors (Lipinski definition) is 1. The molecule has 6 atom stereocenters. The van der Waals surface area contributed by atoms with E-state index in [1.165, 1.54) is 25.7 Å². The highest BCUT2D eigenvalue weighted by Gasteiger charge is 2.52. The monoisotopic (exact) mass is 186 g/mol. The van der Waals surface area contributed by atoms with Gasteiger partial charge in [-0.2, -0.15) is 0 Å². The second kappa shape index (κ2) is 2.39. The molecule has 1 unspecified atom stereocenters. The molecular formula is C10H15ClO. The molecule has 1 N–H and O–H groups in total. The Kier molecular flexibility index (Phi) is 1.52. The lowest BCUT2D eigenvalue weighted by Crippen LogP contribution is -2.54. The van der Waals surface area contributed by atoms with Crippen molar-refractivity contribution in [3.63, 3.8) is 0 Å². The van der Waals surface area contributed by atoms with Crippen LogP contribution in [0, 0.1) is 23.7 Å². The lowest BCUT2D eigenvalue weighted by molar-refractivity contribution is -0.0886. The maximum Gasteiger partial charge on any atom is 0.0611 e. The van der Waals surface area contributed by atoms with Gasteiger partial charge in [0.1, 0.15) is 0 Å². The number of aliphatic hydroxyl groups excluding tert-OH is 1. The summed E-state index contributed by atoms with van der Waals surface area (Å²) in [6.45, 7) is 0. The Morgan fingerprint density at radius 3 is 2.58 bits per heavy atom. The van der Waals surface area contributed by atoms with Gasteiger partial charge in [-0.05, 0) is 43.4 Å². The molecule has 4 rings (SSSR count). The second-order valence-electron chi connectivity index (χ2n) is 4.93. The molecule has 0 heterocycles. The number of rotatable bonds is 0. The predicted molar refractivity (Wildman–Crippen MR) is 48.1 cm³/mol. The first-order chi connectivity index (χ1) is 5.75. The number of halogens is 1. The molecule has 4 aliphatic carbocycles. The summed E-state index contributed by atoms with van der Waals surface area (Å²) in [5, 5.41) is 10.2. The van der Waals surface area contributed by atoms with E-state index in [0.29, 0.717) is 11.8 Å². The van der Waals surface area contributed by atoms with Gasteiger partial charge in [-0.1, -0.05) is 0 Å². The van der Waals surface area contributed by atoms with Crippen molar-refractivity contribution >= 4 is 11.6 Å². The summed E-state index contributed by atoms with van der Waals surface area (Å²) in [6.07, 6.45) is 4.94. The van der Waals surface area contributed by atoms with Crippen LogP contribution < -0.4 is 0 Å². The minimum atomic E-state index is -0.0692. The van der Waals surface area contributed by atoms with E-state index in [9.17, 15) is 5.11 Å². The highest BCUT2D eigenvalue weighted by Crippen LogP contribution is 2.55. The van der Waals surface area contributed by atoms with E-state index in [4.69, 9.17) is 11.6 Å². The molecule has 68 valence electrons. The fourth-order valence-electron chi connectivity index (χ4n) is 3.81. The average Bonchev–Trinajstić information content (AvgIpc) is 2.07. The number of hydrogen-bond donors (Lipinski definition) is 1. The fourth-order valence-corrected chi connectivity index (χ4v) is 4.26. The molecule has 4 fully saturated rings. The Morgan fingerprint density at radius 2 is 1.75 bits per heavy atom. The quantitative estimate of drug-likeness (QED) is 0.574. The normalized spacial score (nSPS) is 62.5. The topological polar surface area (TPSA) is 20.2 Å². The second-order valence-corrected chi connectivity index (χ2v) is 5.43. The molecule has 0 spiro atoms. The van der Waals surface area contributed by atoms with Crippen molar-refractivity contribution in [2.24, 2.45) is 23.7 Å². The predicted octanol–water partition coefficient (Wildman–Crippen LogP) is 2.02. The van der Waals surface area contributed by atoms with Gasteiger partial charge in [-0.25, -0.2) is 0 Å². The van der Waals surface area contributed by atoms with Crippen LogP contribution in [0.1, 0.15) is 25.7 Å². The van der Waals surface area contributed by atoms with Crippen molar-refractivity contribution in [3.8, 4) is 0 Å². The zero-order valence-corrected chi connectivity index (χ0v) is 7.87. The van der Waals surface area contributed by atoms with Crippen molar-refractivity contribution < 1.29 is 5.11 Å². The summed E-state index contributed by atoms with van der Waals surface area (Å²) in [6, 6.07) is 0. The van der Waals surface area contributed by atoms with Crippen LogP contribution in [0.25, 0.3) is 0 Å². The summed E-state index contributed by atoms with van der Waals surface area (Å²) < 4.78 is 0. The molecule has 0 aromatic rings. The Labute approximate surface area is 78.1 Å². The van der Waals surface area contributed by atoms with Crippen LogP contribution in [0.4, 0.5) is 0 Å². The molecule has 0 aromatic heterocycles. The SMILES string of the molecule is O[C@@H]1[C@@H]2CC3C[C@@H](C2)[C@H](Cl)[C@@H]1C3. The van der Waals surface area contributed by atoms with Gasteiger partial charge in [0.05, 0.1) is 6.10 Å². The van der Waals surface area contributed by atoms with Crippen LogP contribution in [0.5, 0.6) is 0 Å². The average molecular weight is 187 g/mol. The van der Waals surface area contributed by atoms with Gasteiger partial charge in [0.15, 0.2) is 0 Å². The van der Waals surface area contributed by atoms with Crippen molar-refractivity contribution in [2.75, 3.05) is 0 Å². The Hall–Kier alpha value is 0.250. The summed E-state index contributed by atoms with van der Waals surface area (Å²) >= 11 is 6.31. The first kappa shape index (κ1) is 7.64. The Morgan fingerprint density at radius 1 is 1.00 bits per heavy atom. The van der Waals surface area contributed by atoms with E-state index in [-0.39, 0.29) is 11.5 Å². The van der Waals surface area contributed by atoms with Gasteiger partial charge in [0.2, 0.25) is 0 Å². The van der Waals surface area contributed by atoms with E-state index >= 15 is 0 Å². The third-order valence-electron chi connectivity index (χ3n) is 4.26. The summed E-state index contributed by atoms with van der Waals surface area (Å²) in [5.41, 5.74) is 0. The molecule has 4 aliphatic rings. The summed E-state index contributed by atoms with van der Waals surface area (Å²) in [7, 11) is 0. The van der Waals surface area contributed by atoms with Crippen molar-refractivity contribution in [2.45, 2.75) is 37.2 Å². The van der Waals surface area contributed by atoms with Gasteiger partial charge >= 0.3 is 0 Å². The molecule has 2 heteroatoms. The van der Waals surface area contributed by atoms with Crippen molar-refractivity contribution in [1.82, 2.24) is 0 Å². The molecule has 4 saturated carbocycles. The van der Waals surface area contributed by atoms with Crippen LogP contribution in [0.3, 0.4) is 0 Å². The summed E-state index contributed by atoms with van der Waals surface area (Å²) in [5.74, 6) is 2.67. The third kappa shape index (κ3) is 0.843. The van der Waals surface area contributed by atoms with E-state index in [0.717, 1.165) is 11.8 Å². The van der Waals surface area contributed by atoms with Gasteiger partial charge < -0.3 is 5.11 Å². The molecule has 0 aliphatic heterocycles. The molecule has 0 saturated heterocycles. The third-order valence-corrected chi connectivity index (χ3v) is 4.94. The Balaban J connectivity index is 1.93. The van der Waals surface area contributed by atoms with Crippen LogP contribution in [-0.2, 0) is 0 Å². The maximum absolute atomic E-state index is 9.91. The number of aliphatic hydroxyl groups is 1. The van der Waals surface area contributed by atoms with E-state index in [1.54, 1.807) is 0 Å². The van der Waals surface area contributed by atoms with Crippen LogP contribution in [-0.4, -0.2) is 16.6 Å². The smallest absolute Gasteiger partial charge is 0.0611 e. The lowest BCUT2D eigenvalue weighted by Gasteiger charge is -2.55. The van der Waals surface area contributed by atoms with Gasteiger partial charge in [-0.15, -0.1) is 11.6 Å². The lowest BCUT2D eigenvalue weighted by atomic mass is 9.55. The van der Waals surface area contributed by atoms with E-state index < -0.39 is 0 Å². The van der Waals surface area contributed by atoms with Crippen molar-refractivity contribution in [1.29, 1.82) is 0 Å². The molecule has 12 heavy (non-hydrogen) atoms. The highest BCUT2D eigenvalue weighted by molar-refractivity contribution is 6.21. The molecule has 1 nitrogen and oxygen atoms in total. The molecule has 0 radical (unpaired) electrons. The van der Waals surface area contributed by atoms with Gasteiger partial charge in [-0.3, -0.25) is 0 Å². The van der Waals surface area contributed by atoms with Crippen molar-refractivity contribution in [3.05, 3.63) is 0 Å². The summed E-state index contributed by atoms with van der Waals surface area (Å²) in [4.78, 5) is 0. The molecule has 0 aromatic carbocycles. The number of alkyl halides is 1. The van der Waals surface area contributed by atoms with Gasteiger partial charge in [0.25, 0.3) is 0 Å². The highest BCUT2D eigenvalue weighted by atomic mass is 35.5. The van der Waals surface area contributed by atoms with E-state index in [1.807, 2.05) is 0 Å². The standard InChI is InChI=1S/C10H15ClO/c11-9-6-1-5-2-7(4-6)10(12)8(9)3-5/h5-10,12H,1-4H2/t5?,6-,7+,8-,9-,10+/m0/s1. The molecular weight excluding hydrogens is 172 g/mol. The maximum atomic E-state index is 9.91. The molecule has 0 amide bonds.